The fourth-order valence-electron chi connectivity index (χ4n) is 6.49. The van der Waals surface area contributed by atoms with Crippen LogP contribution in [0.25, 0.3) is 11.1 Å². The van der Waals surface area contributed by atoms with E-state index < -0.39 is 41.9 Å². The minimum absolute atomic E-state index is 0.0714. The first-order valence-electron chi connectivity index (χ1n) is 17.5. The third-order valence-electron chi connectivity index (χ3n) is 8.92. The zero-order valence-corrected chi connectivity index (χ0v) is 29.2. The lowest BCUT2D eigenvalue weighted by Crippen LogP contribution is -2.58. The number of carbonyl (C=O) groups is 4. The van der Waals surface area contributed by atoms with Crippen LogP contribution in [0, 0.1) is 0 Å². The number of hydrogen-bond donors (Lipinski definition) is 2. The molecule has 5 aromatic carbocycles. The molecule has 270 valence electrons. The number of aliphatic hydroxyl groups is 1. The molecule has 53 heavy (non-hydrogen) atoms. The molecular weight excluding hydrogens is 672 g/mol. The largest absolute Gasteiger partial charge is 0.493 e. The van der Waals surface area contributed by atoms with Crippen LogP contribution in [-0.2, 0) is 14.3 Å². The first kappa shape index (κ1) is 36.5. The van der Waals surface area contributed by atoms with E-state index in [2.05, 4.69) is 5.32 Å². The predicted octanol–water partition coefficient (Wildman–Crippen LogP) is 6.79. The second-order valence-electron chi connectivity index (χ2n) is 12.4. The van der Waals surface area contributed by atoms with E-state index in [1.165, 1.54) is 4.90 Å². The summed E-state index contributed by atoms with van der Waals surface area (Å²) >= 11 is 0. The van der Waals surface area contributed by atoms with Gasteiger partial charge in [-0.3, -0.25) is 14.4 Å². The van der Waals surface area contributed by atoms with Crippen molar-refractivity contribution in [2.45, 2.75) is 38.0 Å². The van der Waals surface area contributed by atoms with Crippen molar-refractivity contribution >= 4 is 29.4 Å². The zero-order chi connectivity index (χ0) is 37.2. The van der Waals surface area contributed by atoms with E-state index in [1.807, 2.05) is 42.5 Å². The molecule has 2 N–H and O–H groups in total. The van der Waals surface area contributed by atoms with Crippen molar-refractivity contribution in [3.63, 3.8) is 0 Å². The van der Waals surface area contributed by atoms with Gasteiger partial charge in [-0.2, -0.15) is 0 Å². The lowest BCUT2D eigenvalue weighted by Gasteiger charge is -2.45. The summed E-state index contributed by atoms with van der Waals surface area (Å²) in [4.78, 5) is 57.8. The third-order valence-corrected chi connectivity index (χ3v) is 8.92. The van der Waals surface area contributed by atoms with Crippen LogP contribution in [0.3, 0.4) is 0 Å². The minimum Gasteiger partial charge on any atom is -0.493 e. The maximum Gasteiger partial charge on any atom is 0.339 e. The normalized spacial score (nSPS) is 16.2. The molecule has 3 atom stereocenters. The lowest BCUT2D eigenvalue weighted by atomic mass is 9.85. The Morgan fingerprint density at radius 2 is 1.42 bits per heavy atom. The van der Waals surface area contributed by atoms with Crippen molar-refractivity contribution in [1.29, 1.82) is 0 Å². The summed E-state index contributed by atoms with van der Waals surface area (Å²) < 4.78 is 17.8. The Hall–Kier alpha value is -6.26. The van der Waals surface area contributed by atoms with Gasteiger partial charge in [0.1, 0.15) is 11.9 Å². The van der Waals surface area contributed by atoms with Gasteiger partial charge in [-0.15, -0.1) is 0 Å². The van der Waals surface area contributed by atoms with Gasteiger partial charge in [-0.1, -0.05) is 84.9 Å². The molecular formula is C43H40N2O8. The summed E-state index contributed by atoms with van der Waals surface area (Å²) in [5.41, 5.74) is 3.17. The molecule has 10 nitrogen and oxygen atoms in total. The number of aliphatic hydroxyl groups excluding tert-OH is 1. The highest BCUT2D eigenvalue weighted by atomic mass is 16.5. The van der Waals surface area contributed by atoms with E-state index >= 15 is 0 Å². The molecule has 0 saturated heterocycles. The summed E-state index contributed by atoms with van der Waals surface area (Å²) in [7, 11) is 0. The fourth-order valence-corrected chi connectivity index (χ4v) is 6.49. The summed E-state index contributed by atoms with van der Waals surface area (Å²) in [5.74, 6) is -1.83. The highest BCUT2D eigenvalue weighted by Crippen LogP contribution is 2.43. The first-order chi connectivity index (χ1) is 25.9. The average molecular weight is 713 g/mol. The highest BCUT2D eigenvalue weighted by Gasteiger charge is 2.48. The first-order valence-corrected chi connectivity index (χ1v) is 17.5. The van der Waals surface area contributed by atoms with Crippen LogP contribution in [0.1, 0.15) is 62.4 Å². The second-order valence-corrected chi connectivity index (χ2v) is 12.4. The van der Waals surface area contributed by atoms with Gasteiger partial charge in [0.05, 0.1) is 43.0 Å². The van der Waals surface area contributed by atoms with E-state index in [9.17, 15) is 24.3 Å². The topological polar surface area (TPSA) is 131 Å². The van der Waals surface area contributed by atoms with Crippen LogP contribution in [0.5, 0.6) is 5.75 Å². The summed E-state index contributed by atoms with van der Waals surface area (Å²) in [6.07, 6.45) is -1.26. The quantitative estimate of drug-likeness (QED) is 0.101. The van der Waals surface area contributed by atoms with Gasteiger partial charge in [0.15, 0.2) is 0 Å². The van der Waals surface area contributed by atoms with E-state index in [1.54, 1.807) is 97.9 Å². The maximum atomic E-state index is 14.6. The lowest BCUT2D eigenvalue weighted by molar-refractivity contribution is -0.144. The predicted molar refractivity (Wildman–Crippen MR) is 200 cm³/mol. The average Bonchev–Trinajstić information content (AvgIpc) is 3.20. The van der Waals surface area contributed by atoms with Crippen LogP contribution in [0.4, 0.5) is 5.69 Å². The number of nitrogens with zero attached hydrogens (tertiary/aromatic N) is 1. The molecule has 0 saturated carbocycles. The molecule has 0 spiro atoms. The van der Waals surface area contributed by atoms with E-state index in [0.717, 1.165) is 5.56 Å². The van der Waals surface area contributed by atoms with Crippen LogP contribution in [0.15, 0.2) is 133 Å². The molecule has 0 radical (unpaired) electrons. The number of ether oxygens (including phenoxy) is 3. The number of carbonyl (C=O) groups excluding carboxylic acids is 4. The van der Waals surface area contributed by atoms with E-state index in [-0.39, 0.29) is 31.8 Å². The second kappa shape index (κ2) is 17.3. The van der Waals surface area contributed by atoms with Gasteiger partial charge in [-0.25, -0.2) is 4.79 Å². The van der Waals surface area contributed by atoms with Crippen molar-refractivity contribution in [3.8, 4) is 16.9 Å². The summed E-state index contributed by atoms with van der Waals surface area (Å²) in [5, 5.41) is 12.4. The molecule has 6 rings (SSSR count). The monoisotopic (exact) mass is 712 g/mol. The van der Waals surface area contributed by atoms with Gasteiger partial charge >= 0.3 is 11.9 Å². The number of esters is 2. The number of hydrogen-bond acceptors (Lipinski definition) is 8. The molecule has 0 aromatic heterocycles. The Morgan fingerprint density at radius 1 is 0.774 bits per heavy atom. The van der Waals surface area contributed by atoms with Gasteiger partial charge in [-0.05, 0) is 66.6 Å². The molecule has 0 fully saturated rings. The zero-order valence-electron chi connectivity index (χ0n) is 29.2. The number of fused-ring (bicyclic) bond motifs is 1. The Kier molecular flexibility index (Phi) is 11.9. The van der Waals surface area contributed by atoms with Gasteiger partial charge < -0.3 is 29.5 Å². The van der Waals surface area contributed by atoms with Gasteiger partial charge in [0, 0.05) is 29.7 Å². The molecule has 5 aromatic rings. The molecule has 1 aliphatic rings. The molecule has 0 bridgehead atoms. The van der Waals surface area contributed by atoms with Crippen molar-refractivity contribution < 1.29 is 38.5 Å². The number of amides is 2. The molecule has 1 aliphatic heterocycles. The van der Waals surface area contributed by atoms with Crippen molar-refractivity contribution in [1.82, 2.24) is 5.32 Å². The SMILES string of the molecule is CCOC(=O)C[C@H]1[C@H](OC(=O)c2ccccc2-c2ccccc2)[C@@H](NC(=O)c2ccccc2)c2cc(OCCCO)ccc2N1C(=O)c1ccccc1. The van der Waals surface area contributed by atoms with E-state index in [0.29, 0.717) is 40.1 Å². The number of anilines is 1. The standard InChI is InChI=1S/C43H40N2O8/c1-2-51-38(47)28-37-40(53-43(50)34-22-13-12-21-33(34)29-15-6-3-7-16-29)39(44-41(48)30-17-8-4-9-18-30)35-27-32(52-26-14-25-46)23-24-36(35)45(37)42(49)31-19-10-5-11-20-31/h3-13,15-24,27,37,39-40,46H,2,14,25-26,28H2,1H3,(H,44,48)/t37-,39-,40-/m0/s1. The van der Waals surface area contributed by atoms with Crippen molar-refractivity contribution in [2.24, 2.45) is 0 Å². The third kappa shape index (κ3) is 8.45. The smallest absolute Gasteiger partial charge is 0.339 e. The fraction of sp³-hybridized carbons (Fsp3) is 0.209. The van der Waals surface area contributed by atoms with Crippen LogP contribution >= 0.6 is 0 Å². The Morgan fingerprint density at radius 3 is 2.09 bits per heavy atom. The van der Waals surface area contributed by atoms with Crippen molar-refractivity contribution in [2.75, 3.05) is 24.7 Å². The molecule has 0 aliphatic carbocycles. The number of nitrogens with one attached hydrogen (secondary N) is 1. The van der Waals surface area contributed by atoms with E-state index in [4.69, 9.17) is 14.2 Å². The van der Waals surface area contributed by atoms with Crippen molar-refractivity contribution in [3.05, 3.63) is 156 Å². The van der Waals surface area contributed by atoms with Crippen LogP contribution < -0.4 is 15.0 Å². The Bertz CT molecular complexity index is 2040. The minimum atomic E-state index is -1.30. The number of rotatable bonds is 13. The van der Waals surface area contributed by atoms with Gasteiger partial charge in [0.25, 0.3) is 11.8 Å². The number of benzene rings is 5. The molecule has 2 amide bonds. The summed E-state index contributed by atoms with van der Waals surface area (Å²) in [6, 6.07) is 36.4. The molecule has 10 heteroatoms. The molecule has 1 heterocycles. The Balaban J connectivity index is 1.53. The summed E-state index contributed by atoms with van der Waals surface area (Å²) in [6.45, 7) is 1.91. The molecule has 0 unspecified atom stereocenters. The van der Waals surface area contributed by atoms with Crippen LogP contribution in [-0.4, -0.2) is 60.8 Å². The van der Waals surface area contributed by atoms with Gasteiger partial charge in [0.2, 0.25) is 0 Å². The highest BCUT2D eigenvalue weighted by molar-refractivity contribution is 6.08. The Labute approximate surface area is 307 Å². The maximum absolute atomic E-state index is 14.6. The van der Waals surface area contributed by atoms with Crippen LogP contribution in [0.2, 0.25) is 0 Å².